The van der Waals surface area contributed by atoms with Crippen molar-refractivity contribution in [2.45, 2.75) is 52.0 Å². The molecule has 1 aromatic rings. The molecule has 0 saturated carbocycles. The molecule has 5 heteroatoms. The van der Waals surface area contributed by atoms with Crippen LogP contribution in [0.25, 0.3) is 0 Å². The second-order valence-corrected chi connectivity index (χ2v) is 7.30. The largest absolute Gasteiger partial charge is 0.339 e. The van der Waals surface area contributed by atoms with Gasteiger partial charge in [0.15, 0.2) is 0 Å². The Morgan fingerprint density at radius 3 is 1.95 bits per heavy atom. The van der Waals surface area contributed by atoms with Crippen LogP contribution in [0, 0.1) is 0 Å². The number of hydrogen-bond acceptors (Lipinski definition) is 4. The molecular formula is C15H23O4P. The summed E-state index contributed by atoms with van der Waals surface area (Å²) in [6.45, 7) is 7.22. The van der Waals surface area contributed by atoms with Gasteiger partial charge in [-0.15, -0.1) is 0 Å². The minimum Gasteiger partial charge on any atom is -0.305 e. The highest BCUT2D eigenvalue weighted by atomic mass is 31.2. The number of carbonyl (C=O) groups is 1. The average Bonchev–Trinajstić information content (AvgIpc) is 2.34. The molecule has 1 atom stereocenters. The molecule has 0 saturated heterocycles. The summed E-state index contributed by atoms with van der Waals surface area (Å²) in [6.07, 6.45) is 0.396. The van der Waals surface area contributed by atoms with Crippen molar-refractivity contribution in [2.75, 3.05) is 0 Å². The van der Waals surface area contributed by atoms with Crippen molar-refractivity contribution in [1.29, 1.82) is 0 Å². The fraction of sp³-hybridized carbons (Fsp3) is 0.533. The minimum absolute atomic E-state index is 0.112. The van der Waals surface area contributed by atoms with E-state index < -0.39 is 13.3 Å². The number of hydrogen-bond donors (Lipinski definition) is 0. The lowest BCUT2D eigenvalue weighted by Crippen LogP contribution is -2.14. The fourth-order valence-electron chi connectivity index (χ4n) is 1.97. The molecule has 0 amide bonds. The van der Waals surface area contributed by atoms with Gasteiger partial charge in [0.25, 0.3) is 0 Å². The second-order valence-electron chi connectivity index (χ2n) is 5.18. The van der Waals surface area contributed by atoms with Crippen molar-refractivity contribution >= 4 is 13.9 Å². The van der Waals surface area contributed by atoms with Crippen LogP contribution in [0.1, 0.15) is 45.3 Å². The lowest BCUT2D eigenvalue weighted by atomic mass is 10.1. The first kappa shape index (κ1) is 17.1. The van der Waals surface area contributed by atoms with Gasteiger partial charge in [0.05, 0.1) is 17.9 Å². The molecule has 0 bridgehead atoms. The van der Waals surface area contributed by atoms with Gasteiger partial charge in [-0.3, -0.25) is 4.57 Å². The Morgan fingerprint density at radius 1 is 1.05 bits per heavy atom. The maximum absolute atomic E-state index is 13.1. The molecule has 0 aliphatic carbocycles. The number of benzene rings is 1. The molecule has 112 valence electrons. The van der Waals surface area contributed by atoms with Crippen LogP contribution in [0.15, 0.2) is 30.3 Å². The lowest BCUT2D eigenvalue weighted by Gasteiger charge is -2.29. The summed E-state index contributed by atoms with van der Waals surface area (Å²) in [5.74, 6) is 0. The van der Waals surface area contributed by atoms with E-state index in [0.717, 1.165) is 11.8 Å². The highest BCUT2D eigenvalue weighted by molar-refractivity contribution is 7.54. The molecule has 0 fully saturated rings. The molecule has 1 aromatic carbocycles. The maximum atomic E-state index is 13.1. The van der Waals surface area contributed by atoms with Crippen molar-refractivity contribution in [3.63, 3.8) is 0 Å². The van der Waals surface area contributed by atoms with E-state index in [4.69, 9.17) is 9.05 Å². The molecule has 4 nitrogen and oxygen atoms in total. The molecule has 0 radical (unpaired) electrons. The lowest BCUT2D eigenvalue weighted by molar-refractivity contribution is -0.108. The molecule has 0 N–H and O–H groups in total. The van der Waals surface area contributed by atoms with Crippen molar-refractivity contribution in [3.05, 3.63) is 35.9 Å². The van der Waals surface area contributed by atoms with E-state index in [1.54, 1.807) is 27.7 Å². The molecule has 0 heterocycles. The van der Waals surface area contributed by atoms with Crippen molar-refractivity contribution in [1.82, 2.24) is 0 Å². The molecule has 0 aliphatic heterocycles. The van der Waals surface area contributed by atoms with Crippen molar-refractivity contribution in [2.24, 2.45) is 0 Å². The summed E-state index contributed by atoms with van der Waals surface area (Å²) in [6, 6.07) is 9.26. The van der Waals surface area contributed by atoms with E-state index in [0.29, 0.717) is 0 Å². The van der Waals surface area contributed by atoms with Gasteiger partial charge in [-0.1, -0.05) is 30.3 Å². The van der Waals surface area contributed by atoms with Gasteiger partial charge in [0.1, 0.15) is 6.29 Å². The topological polar surface area (TPSA) is 52.6 Å². The third-order valence-electron chi connectivity index (χ3n) is 2.60. The van der Waals surface area contributed by atoms with Gasteiger partial charge in [-0.2, -0.15) is 0 Å². The van der Waals surface area contributed by atoms with Gasteiger partial charge in [-0.25, -0.2) is 0 Å². The monoisotopic (exact) mass is 298 g/mol. The Balaban J connectivity index is 3.17. The molecule has 1 rings (SSSR count). The van der Waals surface area contributed by atoms with Crippen LogP contribution in [0.2, 0.25) is 0 Å². The Bertz CT molecular complexity index is 442. The highest BCUT2D eigenvalue weighted by Crippen LogP contribution is 2.63. The molecule has 0 spiro atoms. The minimum atomic E-state index is -3.41. The van der Waals surface area contributed by atoms with Crippen LogP contribution in [-0.2, 0) is 18.4 Å². The fourth-order valence-corrected chi connectivity index (χ4v) is 4.37. The number of aldehydes is 1. The van der Waals surface area contributed by atoms with Crippen LogP contribution >= 0.6 is 7.60 Å². The predicted molar refractivity (Wildman–Crippen MR) is 79.9 cm³/mol. The first-order chi connectivity index (χ1) is 9.39. The first-order valence-electron chi connectivity index (χ1n) is 6.84. The standard InChI is InChI=1S/C15H23O4P/c1-12(2)18-20(17,19-13(3)4)15(10-11-16)14-8-6-5-7-9-14/h5-9,11-13,15H,10H2,1-4H3/t15-/m0/s1. The Morgan fingerprint density at radius 2 is 1.55 bits per heavy atom. The summed E-state index contributed by atoms with van der Waals surface area (Å²) in [5.41, 5.74) is 0.232. The van der Waals surface area contributed by atoms with E-state index in [-0.39, 0.29) is 18.6 Å². The van der Waals surface area contributed by atoms with E-state index in [2.05, 4.69) is 0 Å². The molecule has 0 aliphatic rings. The average molecular weight is 298 g/mol. The molecule has 20 heavy (non-hydrogen) atoms. The quantitative estimate of drug-likeness (QED) is 0.528. The smallest absolute Gasteiger partial charge is 0.305 e. The highest BCUT2D eigenvalue weighted by Gasteiger charge is 2.38. The van der Waals surface area contributed by atoms with Gasteiger partial charge in [0, 0.05) is 6.42 Å². The zero-order valence-electron chi connectivity index (χ0n) is 12.5. The summed E-state index contributed by atoms with van der Waals surface area (Å²) in [4.78, 5) is 11.0. The molecule has 0 aromatic heterocycles. The van der Waals surface area contributed by atoms with Crippen LogP contribution in [0.3, 0.4) is 0 Å². The second kappa shape index (κ2) is 7.72. The normalized spacial score (nSPS) is 13.7. The van der Waals surface area contributed by atoms with Crippen LogP contribution in [-0.4, -0.2) is 18.5 Å². The summed E-state index contributed by atoms with van der Waals surface area (Å²) < 4.78 is 24.3. The Labute approximate surface area is 121 Å². The van der Waals surface area contributed by atoms with Crippen molar-refractivity contribution in [3.8, 4) is 0 Å². The third-order valence-corrected chi connectivity index (χ3v) is 5.30. The van der Waals surface area contributed by atoms with E-state index >= 15 is 0 Å². The van der Waals surface area contributed by atoms with E-state index in [1.165, 1.54) is 0 Å². The summed E-state index contributed by atoms with van der Waals surface area (Å²) in [5, 5.41) is 0. The van der Waals surface area contributed by atoms with Gasteiger partial charge in [-0.05, 0) is 33.3 Å². The molecule has 0 unspecified atom stereocenters. The Hall–Kier alpha value is -0.960. The van der Waals surface area contributed by atoms with Crippen LogP contribution in [0.5, 0.6) is 0 Å². The van der Waals surface area contributed by atoms with Gasteiger partial charge >= 0.3 is 7.60 Å². The van der Waals surface area contributed by atoms with Crippen molar-refractivity contribution < 1.29 is 18.4 Å². The van der Waals surface area contributed by atoms with Crippen LogP contribution in [0.4, 0.5) is 0 Å². The SMILES string of the molecule is CC(C)OP(=O)(OC(C)C)[C@@H](CC=O)c1ccccc1. The summed E-state index contributed by atoms with van der Waals surface area (Å²) >= 11 is 0. The van der Waals surface area contributed by atoms with E-state index in [9.17, 15) is 9.36 Å². The van der Waals surface area contributed by atoms with Crippen LogP contribution < -0.4 is 0 Å². The zero-order chi connectivity index (χ0) is 15.2. The number of carbonyl (C=O) groups excluding carboxylic acids is 1. The van der Waals surface area contributed by atoms with E-state index in [1.807, 2.05) is 30.3 Å². The Kier molecular flexibility index (Phi) is 6.60. The number of rotatable bonds is 8. The van der Waals surface area contributed by atoms with Gasteiger partial charge < -0.3 is 13.8 Å². The third kappa shape index (κ3) is 4.86. The molecular weight excluding hydrogens is 275 g/mol. The zero-order valence-corrected chi connectivity index (χ0v) is 13.4. The van der Waals surface area contributed by atoms with Gasteiger partial charge in [0.2, 0.25) is 0 Å². The predicted octanol–water partition coefficient (Wildman–Crippen LogP) is 4.36. The summed E-state index contributed by atoms with van der Waals surface area (Å²) in [7, 11) is -3.41. The first-order valence-corrected chi connectivity index (χ1v) is 8.45. The maximum Gasteiger partial charge on any atom is 0.339 e.